The van der Waals surface area contributed by atoms with Gasteiger partial charge in [-0.25, -0.2) is 4.68 Å². The van der Waals surface area contributed by atoms with Crippen molar-refractivity contribution in [1.82, 2.24) is 25.2 Å². The molecule has 0 aliphatic rings. The normalized spacial score (nSPS) is 10.3. The van der Waals surface area contributed by atoms with Crippen LogP contribution in [0.25, 0.3) is 5.69 Å². The number of carbonyl (C=O) groups excluding carboxylic acids is 1. The molecular formula is C12H10N6O. The van der Waals surface area contributed by atoms with Gasteiger partial charge in [-0.1, -0.05) is 6.07 Å². The zero-order chi connectivity index (χ0) is 13.1. The van der Waals surface area contributed by atoms with Crippen molar-refractivity contribution in [3.05, 3.63) is 54.6 Å². The minimum Gasteiger partial charge on any atom is -0.320 e. The number of H-pyrrole nitrogens is 1. The van der Waals surface area contributed by atoms with Crippen LogP contribution in [-0.2, 0) is 0 Å². The van der Waals surface area contributed by atoms with Gasteiger partial charge in [0.25, 0.3) is 5.91 Å². The molecule has 7 heteroatoms. The summed E-state index contributed by atoms with van der Waals surface area (Å²) in [5.74, 6) is -0.314. The first-order chi connectivity index (χ1) is 9.33. The van der Waals surface area contributed by atoms with Crippen LogP contribution in [0, 0.1) is 0 Å². The van der Waals surface area contributed by atoms with Crippen molar-refractivity contribution in [3.63, 3.8) is 0 Å². The van der Waals surface area contributed by atoms with Crippen LogP contribution >= 0.6 is 0 Å². The van der Waals surface area contributed by atoms with Crippen molar-refractivity contribution < 1.29 is 4.79 Å². The Labute approximate surface area is 108 Å². The van der Waals surface area contributed by atoms with Crippen LogP contribution in [0.5, 0.6) is 0 Å². The highest BCUT2D eigenvalue weighted by molar-refractivity contribution is 6.02. The van der Waals surface area contributed by atoms with Gasteiger partial charge >= 0.3 is 0 Å². The first-order valence-corrected chi connectivity index (χ1v) is 5.60. The van der Waals surface area contributed by atoms with Gasteiger partial charge in [-0.05, 0) is 24.3 Å². The Balaban J connectivity index is 1.82. The van der Waals surface area contributed by atoms with Crippen LogP contribution in [0.4, 0.5) is 5.69 Å². The second kappa shape index (κ2) is 4.73. The maximum absolute atomic E-state index is 11.8. The van der Waals surface area contributed by atoms with E-state index in [2.05, 4.69) is 25.8 Å². The van der Waals surface area contributed by atoms with E-state index in [1.54, 1.807) is 16.9 Å². The van der Waals surface area contributed by atoms with E-state index in [-0.39, 0.29) is 11.6 Å². The highest BCUT2D eigenvalue weighted by atomic mass is 16.2. The van der Waals surface area contributed by atoms with E-state index in [0.717, 1.165) is 5.69 Å². The second-order valence-electron chi connectivity index (χ2n) is 3.81. The number of carbonyl (C=O) groups is 1. The standard InChI is InChI=1S/C12H10N6O/c19-12(11-8-13-17-16-11)15-9-3-1-4-10(7-9)18-6-2-5-14-18/h1-8H,(H,15,19)(H,13,16,17). The lowest BCUT2D eigenvalue weighted by Crippen LogP contribution is -2.12. The van der Waals surface area contributed by atoms with Crippen molar-refractivity contribution in [2.24, 2.45) is 0 Å². The van der Waals surface area contributed by atoms with Crippen LogP contribution in [0.3, 0.4) is 0 Å². The fourth-order valence-corrected chi connectivity index (χ4v) is 1.65. The predicted octanol–water partition coefficient (Wildman–Crippen LogP) is 1.24. The van der Waals surface area contributed by atoms with Gasteiger partial charge in [0.1, 0.15) is 0 Å². The van der Waals surface area contributed by atoms with Gasteiger partial charge in [-0.15, -0.1) is 0 Å². The van der Waals surface area contributed by atoms with Crippen LogP contribution in [0.1, 0.15) is 10.5 Å². The largest absolute Gasteiger partial charge is 0.320 e. The predicted molar refractivity (Wildman–Crippen MR) is 67.9 cm³/mol. The van der Waals surface area contributed by atoms with Gasteiger partial charge in [-0.2, -0.15) is 20.5 Å². The zero-order valence-electron chi connectivity index (χ0n) is 9.82. The van der Waals surface area contributed by atoms with Gasteiger partial charge in [0.15, 0.2) is 5.69 Å². The van der Waals surface area contributed by atoms with E-state index in [0.29, 0.717) is 5.69 Å². The Kier molecular flexibility index (Phi) is 2.77. The quantitative estimate of drug-likeness (QED) is 0.736. The number of nitrogens with one attached hydrogen (secondary N) is 2. The van der Waals surface area contributed by atoms with Crippen molar-refractivity contribution in [3.8, 4) is 5.69 Å². The number of hydrogen-bond acceptors (Lipinski definition) is 4. The number of anilines is 1. The molecule has 3 aromatic rings. The third kappa shape index (κ3) is 2.34. The summed E-state index contributed by atoms with van der Waals surface area (Å²) in [4.78, 5) is 11.8. The van der Waals surface area contributed by atoms with E-state index in [4.69, 9.17) is 0 Å². The molecule has 94 valence electrons. The molecule has 2 aromatic heterocycles. The number of nitrogens with zero attached hydrogens (tertiary/aromatic N) is 4. The molecule has 0 bridgehead atoms. The van der Waals surface area contributed by atoms with Crippen LogP contribution in [0.15, 0.2) is 48.9 Å². The number of aromatic nitrogens is 5. The Morgan fingerprint density at radius 2 is 2.26 bits per heavy atom. The average molecular weight is 254 g/mol. The summed E-state index contributed by atoms with van der Waals surface area (Å²) in [6, 6.07) is 9.20. The van der Waals surface area contributed by atoms with Gasteiger partial charge in [0, 0.05) is 18.1 Å². The molecule has 1 amide bonds. The lowest BCUT2D eigenvalue weighted by molar-refractivity contribution is 0.102. The first-order valence-electron chi connectivity index (χ1n) is 5.60. The van der Waals surface area contributed by atoms with E-state index < -0.39 is 0 Å². The smallest absolute Gasteiger partial charge is 0.277 e. The molecule has 0 saturated carbocycles. The molecule has 2 N–H and O–H groups in total. The van der Waals surface area contributed by atoms with Crippen molar-refractivity contribution >= 4 is 11.6 Å². The minimum absolute atomic E-state index is 0.240. The lowest BCUT2D eigenvalue weighted by Gasteiger charge is -2.06. The summed E-state index contributed by atoms with van der Waals surface area (Å²) in [7, 11) is 0. The summed E-state index contributed by atoms with van der Waals surface area (Å²) in [6.45, 7) is 0. The molecular weight excluding hydrogens is 244 g/mol. The monoisotopic (exact) mass is 254 g/mol. The highest BCUT2D eigenvalue weighted by Gasteiger charge is 2.09. The molecule has 7 nitrogen and oxygen atoms in total. The fourth-order valence-electron chi connectivity index (χ4n) is 1.65. The third-order valence-corrected chi connectivity index (χ3v) is 2.52. The van der Waals surface area contributed by atoms with Crippen molar-refractivity contribution in [1.29, 1.82) is 0 Å². The Bertz CT molecular complexity index is 674. The van der Waals surface area contributed by atoms with E-state index in [1.165, 1.54) is 6.20 Å². The van der Waals surface area contributed by atoms with E-state index >= 15 is 0 Å². The molecule has 0 spiro atoms. The second-order valence-corrected chi connectivity index (χ2v) is 3.81. The summed E-state index contributed by atoms with van der Waals surface area (Å²) < 4.78 is 1.71. The van der Waals surface area contributed by atoms with Gasteiger partial charge in [0.2, 0.25) is 0 Å². The summed E-state index contributed by atoms with van der Waals surface area (Å²) in [5.41, 5.74) is 1.77. The average Bonchev–Trinajstić information content (AvgIpc) is 3.13. The molecule has 3 rings (SSSR count). The molecule has 0 atom stereocenters. The van der Waals surface area contributed by atoms with Crippen LogP contribution in [-0.4, -0.2) is 31.1 Å². The molecule has 1 aromatic carbocycles. The Morgan fingerprint density at radius 1 is 1.32 bits per heavy atom. The molecule has 0 aliphatic heterocycles. The molecule has 0 aliphatic carbocycles. The van der Waals surface area contributed by atoms with Gasteiger partial charge in [-0.3, -0.25) is 4.79 Å². The molecule has 0 radical (unpaired) electrons. The topological polar surface area (TPSA) is 88.5 Å². The number of rotatable bonds is 3. The maximum Gasteiger partial charge on any atom is 0.277 e. The SMILES string of the molecule is O=C(Nc1cccc(-n2cccn2)c1)c1cn[nH]n1. The number of aromatic amines is 1. The molecule has 2 heterocycles. The number of benzene rings is 1. The summed E-state index contributed by atoms with van der Waals surface area (Å²) in [5, 5.41) is 16.6. The van der Waals surface area contributed by atoms with E-state index in [1.807, 2.05) is 30.5 Å². The number of amides is 1. The third-order valence-electron chi connectivity index (χ3n) is 2.52. The summed E-state index contributed by atoms with van der Waals surface area (Å²) >= 11 is 0. The fraction of sp³-hybridized carbons (Fsp3) is 0. The zero-order valence-corrected chi connectivity index (χ0v) is 9.82. The van der Waals surface area contributed by atoms with Crippen LogP contribution in [0.2, 0.25) is 0 Å². The Hall–Kier alpha value is -2.96. The molecule has 0 fully saturated rings. The van der Waals surface area contributed by atoms with Gasteiger partial charge in [0.05, 0.1) is 11.9 Å². The first kappa shape index (κ1) is 11.1. The van der Waals surface area contributed by atoms with Gasteiger partial charge < -0.3 is 5.32 Å². The van der Waals surface area contributed by atoms with E-state index in [9.17, 15) is 4.79 Å². The van der Waals surface area contributed by atoms with Crippen LogP contribution < -0.4 is 5.32 Å². The molecule has 0 saturated heterocycles. The summed E-state index contributed by atoms with van der Waals surface area (Å²) in [6.07, 6.45) is 4.89. The lowest BCUT2D eigenvalue weighted by atomic mass is 10.2. The minimum atomic E-state index is -0.314. The molecule has 19 heavy (non-hydrogen) atoms. The van der Waals surface area contributed by atoms with Crippen molar-refractivity contribution in [2.75, 3.05) is 5.32 Å². The highest BCUT2D eigenvalue weighted by Crippen LogP contribution is 2.14. The maximum atomic E-state index is 11.8. The number of hydrogen-bond donors (Lipinski definition) is 2. The molecule has 0 unspecified atom stereocenters. The van der Waals surface area contributed by atoms with Crippen molar-refractivity contribution in [2.45, 2.75) is 0 Å². The Morgan fingerprint density at radius 3 is 3.00 bits per heavy atom.